The Labute approximate surface area is 161 Å². The molecule has 7 heteroatoms. The number of aryl methyl sites for hydroxylation is 2. The summed E-state index contributed by atoms with van der Waals surface area (Å²) in [5.41, 5.74) is 5.22. The van der Waals surface area contributed by atoms with E-state index in [0.717, 1.165) is 15.6 Å². The van der Waals surface area contributed by atoms with Crippen molar-refractivity contribution in [2.75, 3.05) is 20.8 Å². The molecule has 6 nitrogen and oxygen atoms in total. The molecule has 0 aliphatic rings. The smallest absolute Gasteiger partial charge is 0.277 e. The lowest BCUT2D eigenvalue weighted by molar-refractivity contribution is -0.123. The lowest BCUT2D eigenvalue weighted by Gasteiger charge is -2.11. The SMILES string of the molecule is COc1ccc(/C=N\NC(=O)COc2c(C)cc(C)cc2Br)c(OC)c1. The molecule has 0 saturated heterocycles. The summed E-state index contributed by atoms with van der Waals surface area (Å²) in [6, 6.07) is 9.24. The summed E-state index contributed by atoms with van der Waals surface area (Å²) in [5.74, 6) is 1.56. The minimum atomic E-state index is -0.361. The largest absolute Gasteiger partial charge is 0.497 e. The third-order valence-corrected chi connectivity index (χ3v) is 4.14. The Hall–Kier alpha value is -2.54. The van der Waals surface area contributed by atoms with Crippen LogP contribution in [0, 0.1) is 13.8 Å². The zero-order valence-electron chi connectivity index (χ0n) is 15.1. The highest BCUT2D eigenvalue weighted by Gasteiger charge is 2.09. The third kappa shape index (κ3) is 5.23. The molecular formula is C19H21BrN2O4. The zero-order chi connectivity index (χ0) is 19.1. The highest BCUT2D eigenvalue weighted by Crippen LogP contribution is 2.30. The van der Waals surface area contributed by atoms with Gasteiger partial charge in [-0.2, -0.15) is 5.10 Å². The van der Waals surface area contributed by atoms with Gasteiger partial charge in [0.1, 0.15) is 17.2 Å². The topological polar surface area (TPSA) is 69.2 Å². The molecule has 0 spiro atoms. The summed E-state index contributed by atoms with van der Waals surface area (Å²) in [6.45, 7) is 3.79. The molecule has 2 aromatic carbocycles. The lowest BCUT2D eigenvalue weighted by atomic mass is 10.1. The number of methoxy groups -OCH3 is 2. The minimum Gasteiger partial charge on any atom is -0.497 e. The van der Waals surface area contributed by atoms with E-state index in [1.54, 1.807) is 32.4 Å². The number of ether oxygens (including phenoxy) is 3. The van der Waals surface area contributed by atoms with Crippen LogP contribution in [0.15, 0.2) is 39.9 Å². The van der Waals surface area contributed by atoms with Crippen LogP contribution in [0.3, 0.4) is 0 Å². The molecule has 0 saturated carbocycles. The van der Waals surface area contributed by atoms with Crippen molar-refractivity contribution >= 4 is 28.1 Å². The van der Waals surface area contributed by atoms with E-state index in [1.165, 1.54) is 6.21 Å². The van der Waals surface area contributed by atoms with Gasteiger partial charge in [-0.05, 0) is 59.1 Å². The number of hydrazone groups is 1. The molecule has 138 valence electrons. The molecule has 1 N–H and O–H groups in total. The van der Waals surface area contributed by atoms with Crippen molar-refractivity contribution in [3.05, 3.63) is 51.5 Å². The first kappa shape index (κ1) is 19.8. The van der Waals surface area contributed by atoms with E-state index in [4.69, 9.17) is 14.2 Å². The van der Waals surface area contributed by atoms with Crippen molar-refractivity contribution < 1.29 is 19.0 Å². The summed E-state index contributed by atoms with van der Waals surface area (Å²) in [5, 5.41) is 3.94. The van der Waals surface area contributed by atoms with E-state index in [2.05, 4.69) is 26.5 Å². The van der Waals surface area contributed by atoms with Crippen LogP contribution < -0.4 is 19.6 Å². The first-order chi connectivity index (χ1) is 12.4. The molecule has 0 unspecified atom stereocenters. The number of amides is 1. The molecular weight excluding hydrogens is 400 g/mol. The fourth-order valence-corrected chi connectivity index (χ4v) is 3.14. The zero-order valence-corrected chi connectivity index (χ0v) is 16.7. The van der Waals surface area contributed by atoms with E-state index in [9.17, 15) is 4.79 Å². The maximum Gasteiger partial charge on any atom is 0.277 e. The molecule has 0 aromatic heterocycles. The summed E-state index contributed by atoms with van der Waals surface area (Å²) in [7, 11) is 3.14. The molecule has 26 heavy (non-hydrogen) atoms. The lowest BCUT2D eigenvalue weighted by Crippen LogP contribution is -2.24. The monoisotopic (exact) mass is 420 g/mol. The van der Waals surface area contributed by atoms with Crippen LogP contribution in [-0.4, -0.2) is 32.9 Å². The molecule has 0 aliphatic carbocycles. The predicted molar refractivity (Wildman–Crippen MR) is 104 cm³/mol. The fourth-order valence-electron chi connectivity index (χ4n) is 2.35. The average molecular weight is 421 g/mol. The second-order valence-electron chi connectivity index (χ2n) is 5.58. The Kier molecular flexibility index (Phi) is 7.03. The molecule has 0 atom stereocenters. The van der Waals surface area contributed by atoms with Crippen LogP contribution in [0.1, 0.15) is 16.7 Å². The van der Waals surface area contributed by atoms with Gasteiger partial charge in [-0.3, -0.25) is 4.79 Å². The average Bonchev–Trinajstić information content (AvgIpc) is 2.61. The number of carbonyl (C=O) groups is 1. The number of halogens is 1. The van der Waals surface area contributed by atoms with Gasteiger partial charge < -0.3 is 14.2 Å². The molecule has 0 radical (unpaired) electrons. The Morgan fingerprint density at radius 3 is 2.62 bits per heavy atom. The van der Waals surface area contributed by atoms with Gasteiger partial charge in [-0.15, -0.1) is 0 Å². The third-order valence-electron chi connectivity index (χ3n) is 3.55. The van der Waals surface area contributed by atoms with Gasteiger partial charge in [-0.1, -0.05) is 6.07 Å². The maximum absolute atomic E-state index is 11.9. The van der Waals surface area contributed by atoms with Gasteiger partial charge in [0, 0.05) is 11.6 Å². The summed E-state index contributed by atoms with van der Waals surface area (Å²) in [4.78, 5) is 11.9. The maximum atomic E-state index is 11.9. The van der Waals surface area contributed by atoms with Crippen LogP contribution in [0.25, 0.3) is 0 Å². The standard InChI is InChI=1S/C19H21BrN2O4/c1-12-7-13(2)19(16(20)8-12)26-11-18(23)22-21-10-14-5-6-15(24-3)9-17(14)25-4/h5-10H,11H2,1-4H3,(H,22,23)/b21-10-. The van der Waals surface area contributed by atoms with Gasteiger partial charge >= 0.3 is 0 Å². The molecule has 0 heterocycles. The fraction of sp³-hybridized carbons (Fsp3) is 0.263. The minimum absolute atomic E-state index is 0.139. The van der Waals surface area contributed by atoms with Crippen LogP contribution in [0.4, 0.5) is 0 Å². The van der Waals surface area contributed by atoms with E-state index in [-0.39, 0.29) is 12.5 Å². The number of benzene rings is 2. The first-order valence-electron chi connectivity index (χ1n) is 7.88. The highest BCUT2D eigenvalue weighted by molar-refractivity contribution is 9.10. The number of rotatable bonds is 7. The van der Waals surface area contributed by atoms with Crippen LogP contribution >= 0.6 is 15.9 Å². The Morgan fingerprint density at radius 2 is 1.96 bits per heavy atom. The van der Waals surface area contributed by atoms with Crippen molar-refractivity contribution in [3.8, 4) is 17.2 Å². The normalized spacial score (nSPS) is 10.7. The van der Waals surface area contributed by atoms with Gasteiger partial charge in [0.25, 0.3) is 5.91 Å². The predicted octanol–water partition coefficient (Wildman–Crippen LogP) is 3.61. The molecule has 0 aliphatic heterocycles. The van der Waals surface area contributed by atoms with Crippen molar-refractivity contribution in [3.63, 3.8) is 0 Å². The van der Waals surface area contributed by atoms with Crippen molar-refractivity contribution in [2.45, 2.75) is 13.8 Å². The molecule has 1 amide bonds. The van der Waals surface area contributed by atoms with Crippen molar-refractivity contribution in [1.82, 2.24) is 5.43 Å². The summed E-state index contributed by atoms with van der Waals surface area (Å²) < 4.78 is 16.8. The van der Waals surface area contributed by atoms with E-state index < -0.39 is 0 Å². The molecule has 2 aromatic rings. The number of hydrogen-bond donors (Lipinski definition) is 1. The quantitative estimate of drug-likeness (QED) is 0.548. The van der Waals surface area contributed by atoms with E-state index in [1.807, 2.05) is 26.0 Å². The Morgan fingerprint density at radius 1 is 1.19 bits per heavy atom. The number of carbonyl (C=O) groups excluding carboxylic acids is 1. The summed E-state index contributed by atoms with van der Waals surface area (Å²) in [6.07, 6.45) is 1.50. The van der Waals surface area contributed by atoms with Crippen LogP contribution in [0.5, 0.6) is 17.2 Å². The Bertz CT molecular complexity index is 798. The van der Waals surface area contributed by atoms with Crippen LogP contribution in [0.2, 0.25) is 0 Å². The number of hydrogen-bond acceptors (Lipinski definition) is 5. The van der Waals surface area contributed by atoms with Crippen LogP contribution in [-0.2, 0) is 4.79 Å². The number of nitrogens with zero attached hydrogens (tertiary/aromatic N) is 1. The highest BCUT2D eigenvalue weighted by atomic mass is 79.9. The molecule has 2 rings (SSSR count). The van der Waals surface area contributed by atoms with Gasteiger partial charge in [0.15, 0.2) is 6.61 Å². The first-order valence-corrected chi connectivity index (χ1v) is 8.67. The molecule has 0 bridgehead atoms. The van der Waals surface area contributed by atoms with Crippen molar-refractivity contribution in [2.24, 2.45) is 5.10 Å². The van der Waals surface area contributed by atoms with E-state index in [0.29, 0.717) is 22.8 Å². The molecule has 0 fully saturated rings. The summed E-state index contributed by atoms with van der Waals surface area (Å²) >= 11 is 3.45. The van der Waals surface area contributed by atoms with Crippen molar-refractivity contribution in [1.29, 1.82) is 0 Å². The second kappa shape index (κ2) is 9.24. The Balaban J connectivity index is 1.94. The van der Waals surface area contributed by atoms with Gasteiger partial charge in [0.05, 0.1) is 24.9 Å². The number of nitrogens with one attached hydrogen (secondary N) is 1. The van der Waals surface area contributed by atoms with Gasteiger partial charge in [0.2, 0.25) is 0 Å². The second-order valence-corrected chi connectivity index (χ2v) is 6.44. The van der Waals surface area contributed by atoms with E-state index >= 15 is 0 Å². The van der Waals surface area contributed by atoms with Gasteiger partial charge in [-0.25, -0.2) is 5.43 Å².